The van der Waals surface area contributed by atoms with Gasteiger partial charge in [0.1, 0.15) is 11.4 Å². The highest BCUT2D eigenvalue weighted by atomic mass is 16.5. The van der Waals surface area contributed by atoms with Crippen LogP contribution >= 0.6 is 0 Å². The molecule has 7 heteroatoms. The van der Waals surface area contributed by atoms with Gasteiger partial charge in [-0.15, -0.1) is 0 Å². The zero-order valence-corrected chi connectivity index (χ0v) is 16.6. The minimum absolute atomic E-state index is 0.00541. The van der Waals surface area contributed by atoms with Gasteiger partial charge in [-0.25, -0.2) is 0 Å². The van der Waals surface area contributed by atoms with Crippen LogP contribution in [0.15, 0.2) is 36.5 Å². The molecule has 0 aliphatic carbocycles. The lowest BCUT2D eigenvalue weighted by molar-refractivity contribution is -0.00571. The Morgan fingerprint density at radius 2 is 2.07 bits per heavy atom. The number of carbonyl (C=O) groups is 2. The topological polar surface area (TPSA) is 99.1 Å². The van der Waals surface area contributed by atoms with Crippen LogP contribution < -0.4 is 4.74 Å². The number of nitrogens with one attached hydrogen (secondary N) is 1. The Morgan fingerprint density at radius 1 is 1.27 bits per heavy atom. The summed E-state index contributed by atoms with van der Waals surface area (Å²) in [6, 6.07) is 10.8. The third kappa shape index (κ3) is 2.92. The molecule has 1 amide bonds. The van der Waals surface area contributed by atoms with E-state index in [1.165, 1.54) is 0 Å². The number of aromatic amines is 1. The molecule has 1 spiro atoms. The summed E-state index contributed by atoms with van der Waals surface area (Å²) in [5.41, 5.74) is 2.91. The second kappa shape index (κ2) is 6.70. The van der Waals surface area contributed by atoms with Gasteiger partial charge in [-0.1, -0.05) is 0 Å². The zero-order chi connectivity index (χ0) is 20.9. The molecule has 7 nitrogen and oxygen atoms in total. The summed E-state index contributed by atoms with van der Waals surface area (Å²) < 4.78 is 6.25. The number of likely N-dealkylation sites (tertiary alicyclic amines) is 1. The number of ether oxygens (including phenoxy) is 1. The van der Waals surface area contributed by atoms with E-state index < -0.39 is 5.60 Å². The number of amides is 1. The maximum Gasteiger partial charge on any atom is 0.253 e. The van der Waals surface area contributed by atoms with E-state index in [9.17, 15) is 9.59 Å². The second-order valence-corrected chi connectivity index (χ2v) is 8.13. The first-order valence-electron chi connectivity index (χ1n) is 9.97. The zero-order valence-electron chi connectivity index (χ0n) is 16.6. The lowest BCUT2D eigenvalue weighted by Crippen LogP contribution is -2.52. The number of aromatic nitrogens is 2. The summed E-state index contributed by atoms with van der Waals surface area (Å²) in [5.74, 6) is 0.512. The van der Waals surface area contributed by atoms with Crippen LogP contribution in [0.4, 0.5) is 0 Å². The maximum absolute atomic E-state index is 13.1. The van der Waals surface area contributed by atoms with Crippen molar-refractivity contribution in [2.24, 2.45) is 0 Å². The Labute approximate surface area is 173 Å². The van der Waals surface area contributed by atoms with Gasteiger partial charge in [0.05, 0.1) is 35.3 Å². The molecule has 0 radical (unpaired) electrons. The number of H-pyrrole nitrogens is 1. The van der Waals surface area contributed by atoms with Crippen molar-refractivity contribution >= 4 is 22.6 Å². The van der Waals surface area contributed by atoms with Gasteiger partial charge in [0, 0.05) is 36.9 Å². The number of carbonyl (C=O) groups excluding carboxylic acids is 2. The standard InChI is InChI=1S/C23H20N4O3/c1-14-8-16(10-17-13-25-26-21(14)17)22(29)27-6-4-23(5-7-27)11-19(28)18-9-15(12-24)2-3-20(18)30-23/h2-3,8-10,13H,4-7,11H2,1H3,(H,25,26). The predicted molar refractivity (Wildman–Crippen MR) is 109 cm³/mol. The largest absolute Gasteiger partial charge is 0.486 e. The average Bonchev–Trinajstić information content (AvgIpc) is 3.23. The molecular formula is C23H20N4O3. The van der Waals surface area contributed by atoms with Crippen LogP contribution in [0.3, 0.4) is 0 Å². The van der Waals surface area contributed by atoms with Crippen molar-refractivity contribution in [1.29, 1.82) is 5.26 Å². The highest BCUT2D eigenvalue weighted by Crippen LogP contribution is 2.40. The van der Waals surface area contributed by atoms with Gasteiger partial charge in [0.25, 0.3) is 5.91 Å². The van der Waals surface area contributed by atoms with Gasteiger partial charge < -0.3 is 9.64 Å². The molecule has 5 rings (SSSR count). The van der Waals surface area contributed by atoms with Crippen molar-refractivity contribution < 1.29 is 14.3 Å². The number of nitriles is 1. The van der Waals surface area contributed by atoms with Crippen molar-refractivity contribution in [2.75, 3.05) is 13.1 Å². The van der Waals surface area contributed by atoms with Gasteiger partial charge in [0.15, 0.2) is 5.78 Å². The first kappa shape index (κ1) is 18.4. The summed E-state index contributed by atoms with van der Waals surface area (Å²) >= 11 is 0. The number of hydrogen-bond acceptors (Lipinski definition) is 5. The fourth-order valence-corrected chi connectivity index (χ4v) is 4.50. The molecule has 0 unspecified atom stereocenters. The molecule has 3 aromatic rings. The van der Waals surface area contributed by atoms with Crippen molar-refractivity contribution in [3.05, 3.63) is 58.8 Å². The maximum atomic E-state index is 13.1. The lowest BCUT2D eigenvalue weighted by atomic mass is 9.82. The number of benzene rings is 2. The number of aryl methyl sites for hydroxylation is 1. The number of rotatable bonds is 1. The van der Waals surface area contributed by atoms with Crippen LogP contribution in [-0.2, 0) is 0 Å². The van der Waals surface area contributed by atoms with E-state index in [1.54, 1.807) is 24.4 Å². The Balaban J connectivity index is 1.34. The number of fused-ring (bicyclic) bond motifs is 2. The summed E-state index contributed by atoms with van der Waals surface area (Å²) in [6.07, 6.45) is 3.19. The van der Waals surface area contributed by atoms with Gasteiger partial charge in [-0.05, 0) is 42.8 Å². The fourth-order valence-electron chi connectivity index (χ4n) is 4.50. The Hall–Kier alpha value is -3.66. The van der Waals surface area contributed by atoms with Crippen LogP contribution in [0.25, 0.3) is 10.9 Å². The van der Waals surface area contributed by atoms with Gasteiger partial charge in [-0.2, -0.15) is 10.4 Å². The van der Waals surface area contributed by atoms with Crippen LogP contribution in [0.2, 0.25) is 0 Å². The summed E-state index contributed by atoms with van der Waals surface area (Å²) in [7, 11) is 0. The molecule has 1 fully saturated rings. The molecule has 0 bridgehead atoms. The van der Waals surface area contributed by atoms with E-state index in [-0.39, 0.29) is 18.1 Å². The Bertz CT molecular complexity index is 1230. The molecule has 2 aromatic carbocycles. The molecule has 2 aliphatic rings. The van der Waals surface area contributed by atoms with Crippen molar-refractivity contribution in [1.82, 2.24) is 15.1 Å². The van der Waals surface area contributed by atoms with Crippen LogP contribution in [0.1, 0.15) is 51.1 Å². The average molecular weight is 400 g/mol. The van der Waals surface area contributed by atoms with E-state index in [2.05, 4.69) is 16.3 Å². The molecule has 30 heavy (non-hydrogen) atoms. The highest BCUT2D eigenvalue weighted by Gasteiger charge is 2.43. The van der Waals surface area contributed by atoms with Crippen molar-refractivity contribution in [2.45, 2.75) is 31.8 Å². The second-order valence-electron chi connectivity index (χ2n) is 8.13. The monoisotopic (exact) mass is 400 g/mol. The first-order valence-corrected chi connectivity index (χ1v) is 9.97. The number of hydrogen-bond donors (Lipinski definition) is 1. The van der Waals surface area contributed by atoms with E-state index in [0.29, 0.717) is 48.4 Å². The predicted octanol–water partition coefficient (Wildman–Crippen LogP) is 3.38. The van der Waals surface area contributed by atoms with Gasteiger partial charge >= 0.3 is 0 Å². The van der Waals surface area contributed by atoms with Crippen molar-refractivity contribution in [3.63, 3.8) is 0 Å². The normalized spacial score (nSPS) is 17.5. The highest BCUT2D eigenvalue weighted by molar-refractivity contribution is 6.01. The van der Waals surface area contributed by atoms with E-state index in [4.69, 9.17) is 10.00 Å². The van der Waals surface area contributed by atoms with Gasteiger partial charge in [0.2, 0.25) is 0 Å². The van der Waals surface area contributed by atoms with Crippen molar-refractivity contribution in [3.8, 4) is 11.8 Å². The Kier molecular flexibility index (Phi) is 4.10. The quantitative estimate of drug-likeness (QED) is 0.675. The molecule has 2 aliphatic heterocycles. The number of piperidine rings is 1. The third-order valence-corrected chi connectivity index (χ3v) is 6.17. The molecule has 1 N–H and O–H groups in total. The van der Waals surface area contributed by atoms with E-state index in [1.807, 2.05) is 24.0 Å². The summed E-state index contributed by atoms with van der Waals surface area (Å²) in [6.45, 7) is 3.01. The molecule has 0 atom stereocenters. The SMILES string of the molecule is Cc1cc(C(=O)N2CCC3(CC2)CC(=O)c2cc(C#N)ccc2O3)cc2cn[nH]c12. The minimum Gasteiger partial charge on any atom is -0.486 e. The van der Waals surface area contributed by atoms with E-state index >= 15 is 0 Å². The molecule has 1 aromatic heterocycles. The summed E-state index contributed by atoms with van der Waals surface area (Å²) in [5, 5.41) is 17.0. The third-order valence-electron chi connectivity index (χ3n) is 6.17. The number of Topliss-reactive ketones (excluding diaryl/α,β-unsaturated/α-hetero) is 1. The van der Waals surface area contributed by atoms with Gasteiger partial charge in [-0.3, -0.25) is 14.7 Å². The smallest absolute Gasteiger partial charge is 0.253 e. The van der Waals surface area contributed by atoms with Crippen LogP contribution in [0, 0.1) is 18.3 Å². The Morgan fingerprint density at radius 3 is 2.83 bits per heavy atom. The molecule has 150 valence electrons. The fraction of sp³-hybridized carbons (Fsp3) is 0.304. The van der Waals surface area contributed by atoms with Crippen LogP contribution in [0.5, 0.6) is 5.75 Å². The molecular weight excluding hydrogens is 380 g/mol. The molecule has 0 saturated carbocycles. The lowest BCUT2D eigenvalue weighted by Gasteiger charge is -2.44. The molecule has 3 heterocycles. The van der Waals surface area contributed by atoms with E-state index in [0.717, 1.165) is 16.5 Å². The van der Waals surface area contributed by atoms with Crippen LogP contribution in [-0.4, -0.2) is 45.5 Å². The minimum atomic E-state index is -0.584. The first-order chi connectivity index (χ1) is 14.5. The summed E-state index contributed by atoms with van der Waals surface area (Å²) in [4.78, 5) is 27.6. The molecule has 1 saturated heterocycles. The number of ketones is 1. The number of nitrogens with zero attached hydrogens (tertiary/aromatic N) is 3.